The van der Waals surface area contributed by atoms with Gasteiger partial charge in [-0.15, -0.1) is 0 Å². The number of benzene rings is 1. The van der Waals surface area contributed by atoms with Crippen LogP contribution < -0.4 is 9.64 Å². The maximum Gasteiger partial charge on any atom is 0.261 e. The number of ketones is 1. The van der Waals surface area contributed by atoms with Crippen LogP contribution in [0.2, 0.25) is 5.02 Å². The molecule has 3 aromatic rings. The van der Waals surface area contributed by atoms with Gasteiger partial charge in [0.2, 0.25) is 11.8 Å². The molecule has 0 saturated carbocycles. The third-order valence-electron chi connectivity index (χ3n) is 6.67. The minimum atomic E-state index is -0.473. The molecular weight excluding hydrogens is 525 g/mol. The number of allylic oxidation sites excluding steroid dienone is 3. The van der Waals surface area contributed by atoms with Crippen molar-refractivity contribution in [1.29, 1.82) is 0 Å². The molecular formula is C28H27Cl2N5O3. The fourth-order valence-corrected chi connectivity index (χ4v) is 5.29. The average Bonchev–Trinajstić information content (AvgIpc) is 3.41. The van der Waals surface area contributed by atoms with E-state index in [1.165, 1.54) is 0 Å². The topological polar surface area (TPSA) is 80.6 Å². The largest absolute Gasteiger partial charge is 0.480 e. The lowest BCUT2D eigenvalue weighted by atomic mass is 10.0. The van der Waals surface area contributed by atoms with Gasteiger partial charge in [-0.05, 0) is 43.7 Å². The van der Waals surface area contributed by atoms with Gasteiger partial charge in [0.05, 0.1) is 34.7 Å². The van der Waals surface area contributed by atoms with Crippen LogP contribution in [-0.4, -0.2) is 52.3 Å². The van der Waals surface area contributed by atoms with Crippen LogP contribution >= 0.6 is 23.2 Å². The number of carbonyl (C=O) groups is 2. The molecule has 196 valence electrons. The van der Waals surface area contributed by atoms with E-state index in [-0.39, 0.29) is 29.2 Å². The number of fused-ring (bicyclic) bond motifs is 1. The third-order valence-corrected chi connectivity index (χ3v) is 7.24. The van der Waals surface area contributed by atoms with Crippen molar-refractivity contribution in [3.8, 4) is 17.1 Å². The molecule has 8 nitrogen and oxygen atoms in total. The summed E-state index contributed by atoms with van der Waals surface area (Å²) in [6.45, 7) is 4.12. The van der Waals surface area contributed by atoms with E-state index in [0.29, 0.717) is 33.7 Å². The lowest BCUT2D eigenvalue weighted by Crippen LogP contribution is -2.30. The SMILES string of the molecule is COc1nc(N(C)C)ncc1-c1cc2c(n1C(C)C)C(c1ccc(Cl)cc1)N(C1=CCC(=O)C(Cl)=C1)C2=O. The van der Waals surface area contributed by atoms with E-state index in [4.69, 9.17) is 27.9 Å². The predicted octanol–water partition coefficient (Wildman–Crippen LogP) is 5.78. The number of Topliss-reactive ketones (excluding diaryl/α,β-unsaturated/α-hetero) is 1. The van der Waals surface area contributed by atoms with Crippen molar-refractivity contribution >= 4 is 40.8 Å². The molecule has 0 N–H and O–H groups in total. The summed E-state index contributed by atoms with van der Waals surface area (Å²) in [5.41, 5.74) is 4.30. The Balaban J connectivity index is 1.74. The van der Waals surface area contributed by atoms with Crippen LogP contribution in [0.15, 0.2) is 59.4 Å². The van der Waals surface area contributed by atoms with Crippen molar-refractivity contribution in [3.63, 3.8) is 0 Å². The standard InChI is InChI=1S/C28H27Cl2N5O3/c1-15(2)34-22(20-14-31-28(33(3)4)32-26(20)38-5)13-19-25(34)24(16-6-8-17(29)9-7-16)35(27(19)37)18-10-11-23(36)21(30)12-18/h6-10,12-15,24H,11H2,1-5H3. The van der Waals surface area contributed by atoms with Gasteiger partial charge >= 0.3 is 0 Å². The zero-order chi connectivity index (χ0) is 27.3. The maximum absolute atomic E-state index is 14.1. The summed E-state index contributed by atoms with van der Waals surface area (Å²) in [4.78, 5) is 38.7. The van der Waals surface area contributed by atoms with E-state index < -0.39 is 6.04 Å². The van der Waals surface area contributed by atoms with Crippen LogP contribution in [0.1, 0.15) is 54.0 Å². The highest BCUT2D eigenvalue weighted by molar-refractivity contribution is 6.43. The van der Waals surface area contributed by atoms with Crippen molar-refractivity contribution in [2.24, 2.45) is 0 Å². The highest BCUT2D eigenvalue weighted by atomic mass is 35.5. The van der Waals surface area contributed by atoms with E-state index in [0.717, 1.165) is 17.0 Å². The van der Waals surface area contributed by atoms with Gasteiger partial charge in [0, 0.05) is 43.5 Å². The number of hydrogen-bond donors (Lipinski definition) is 0. The molecule has 38 heavy (non-hydrogen) atoms. The first-order valence-corrected chi connectivity index (χ1v) is 12.9. The molecule has 2 aliphatic rings. The van der Waals surface area contributed by atoms with Gasteiger partial charge in [-0.3, -0.25) is 14.5 Å². The first kappa shape index (κ1) is 26.0. The maximum atomic E-state index is 14.1. The zero-order valence-electron chi connectivity index (χ0n) is 21.7. The fraction of sp³-hybridized carbons (Fsp3) is 0.286. The van der Waals surface area contributed by atoms with Crippen molar-refractivity contribution in [1.82, 2.24) is 19.4 Å². The van der Waals surface area contributed by atoms with Crippen molar-refractivity contribution in [2.45, 2.75) is 32.4 Å². The van der Waals surface area contributed by atoms with E-state index in [2.05, 4.69) is 28.4 Å². The van der Waals surface area contributed by atoms with Crippen LogP contribution in [0.25, 0.3) is 11.3 Å². The molecule has 1 aliphatic carbocycles. The molecule has 1 unspecified atom stereocenters. The average molecular weight is 552 g/mol. The van der Waals surface area contributed by atoms with Crippen LogP contribution in [0.3, 0.4) is 0 Å². The Morgan fingerprint density at radius 1 is 1.11 bits per heavy atom. The highest BCUT2D eigenvalue weighted by Gasteiger charge is 2.44. The predicted molar refractivity (Wildman–Crippen MR) is 148 cm³/mol. The molecule has 1 amide bonds. The Bertz CT molecular complexity index is 1510. The number of amides is 1. The minimum Gasteiger partial charge on any atom is -0.480 e. The molecule has 0 bridgehead atoms. The number of methoxy groups -OCH3 is 1. The Morgan fingerprint density at radius 2 is 1.82 bits per heavy atom. The summed E-state index contributed by atoms with van der Waals surface area (Å²) in [7, 11) is 5.29. The molecule has 0 spiro atoms. The van der Waals surface area contributed by atoms with E-state index in [1.807, 2.05) is 32.3 Å². The van der Waals surface area contributed by atoms with Gasteiger partial charge in [0.25, 0.3) is 5.91 Å². The van der Waals surface area contributed by atoms with Gasteiger partial charge in [0.1, 0.15) is 6.04 Å². The van der Waals surface area contributed by atoms with Crippen LogP contribution in [-0.2, 0) is 4.79 Å². The first-order valence-electron chi connectivity index (χ1n) is 12.2. The number of anilines is 1. The third kappa shape index (κ3) is 4.27. The fourth-order valence-electron chi connectivity index (χ4n) is 4.98. The number of rotatable bonds is 6. The number of ether oxygens (including phenoxy) is 1. The molecule has 0 fully saturated rings. The Kier molecular flexibility index (Phi) is 6.79. The van der Waals surface area contributed by atoms with Gasteiger partial charge in [-0.1, -0.05) is 41.4 Å². The Labute approximate surface area is 231 Å². The number of halogens is 2. The van der Waals surface area contributed by atoms with Crippen LogP contribution in [0.5, 0.6) is 5.88 Å². The molecule has 0 radical (unpaired) electrons. The number of hydrogen-bond acceptors (Lipinski definition) is 6. The van der Waals surface area contributed by atoms with E-state index in [9.17, 15) is 9.59 Å². The smallest absolute Gasteiger partial charge is 0.261 e. The lowest BCUT2D eigenvalue weighted by molar-refractivity contribution is -0.114. The monoisotopic (exact) mass is 551 g/mol. The highest BCUT2D eigenvalue weighted by Crippen LogP contribution is 2.47. The molecule has 0 saturated heterocycles. The summed E-state index contributed by atoms with van der Waals surface area (Å²) in [6, 6.07) is 8.81. The second-order valence-corrected chi connectivity index (χ2v) is 10.5. The van der Waals surface area contributed by atoms with Gasteiger partial charge in [0.15, 0.2) is 5.78 Å². The molecule has 1 aromatic carbocycles. The summed E-state index contributed by atoms with van der Waals surface area (Å²) in [5.74, 6) is 0.568. The summed E-state index contributed by atoms with van der Waals surface area (Å²) in [5, 5.41) is 0.704. The minimum absolute atomic E-state index is 0.0180. The summed E-state index contributed by atoms with van der Waals surface area (Å²) < 4.78 is 7.78. The second kappa shape index (κ2) is 9.93. The van der Waals surface area contributed by atoms with Crippen molar-refractivity contribution in [3.05, 3.63) is 81.3 Å². The summed E-state index contributed by atoms with van der Waals surface area (Å²) >= 11 is 12.4. The van der Waals surface area contributed by atoms with Gasteiger partial charge < -0.3 is 14.2 Å². The van der Waals surface area contributed by atoms with Gasteiger partial charge in [-0.2, -0.15) is 4.98 Å². The molecule has 1 aliphatic heterocycles. The summed E-state index contributed by atoms with van der Waals surface area (Å²) in [6.07, 6.45) is 5.17. The van der Waals surface area contributed by atoms with Crippen LogP contribution in [0.4, 0.5) is 5.95 Å². The van der Waals surface area contributed by atoms with Crippen LogP contribution in [0, 0.1) is 0 Å². The molecule has 3 heterocycles. The van der Waals surface area contributed by atoms with Crippen molar-refractivity contribution in [2.75, 3.05) is 26.1 Å². The number of aromatic nitrogens is 3. The normalized spacial score (nSPS) is 17.1. The molecule has 5 rings (SSSR count). The quantitative estimate of drug-likeness (QED) is 0.386. The Morgan fingerprint density at radius 3 is 2.42 bits per heavy atom. The van der Waals surface area contributed by atoms with Crippen molar-refractivity contribution < 1.29 is 14.3 Å². The second-order valence-electron chi connectivity index (χ2n) is 9.66. The van der Waals surface area contributed by atoms with E-state index >= 15 is 0 Å². The first-order chi connectivity index (χ1) is 18.1. The molecule has 10 heteroatoms. The molecule has 1 atom stereocenters. The number of nitrogens with zero attached hydrogens (tertiary/aromatic N) is 5. The zero-order valence-corrected chi connectivity index (χ0v) is 23.2. The number of carbonyl (C=O) groups excluding carboxylic acids is 2. The lowest BCUT2D eigenvalue weighted by Gasteiger charge is -2.30. The molecule has 2 aromatic heterocycles. The van der Waals surface area contributed by atoms with Gasteiger partial charge in [-0.25, -0.2) is 4.98 Å². The Hall–Kier alpha value is -3.62. The van der Waals surface area contributed by atoms with E-state index in [1.54, 1.807) is 47.4 Å².